The summed E-state index contributed by atoms with van der Waals surface area (Å²) in [5.41, 5.74) is 6.96. The van der Waals surface area contributed by atoms with E-state index in [9.17, 15) is 13.6 Å². The van der Waals surface area contributed by atoms with Gasteiger partial charge in [0, 0.05) is 6.07 Å². The molecule has 2 aromatic carbocycles. The second-order valence-electron chi connectivity index (χ2n) is 5.50. The van der Waals surface area contributed by atoms with Crippen molar-refractivity contribution in [3.63, 3.8) is 0 Å². The minimum absolute atomic E-state index is 0.0655. The van der Waals surface area contributed by atoms with Crippen LogP contribution in [-0.4, -0.2) is 9.55 Å². The van der Waals surface area contributed by atoms with Gasteiger partial charge in [-0.25, -0.2) is 13.8 Å². The van der Waals surface area contributed by atoms with E-state index in [0.717, 1.165) is 23.8 Å². The molecule has 0 aliphatic carbocycles. The van der Waals surface area contributed by atoms with E-state index in [0.29, 0.717) is 10.9 Å². The Morgan fingerprint density at radius 3 is 2.43 bits per heavy atom. The molecule has 0 amide bonds. The number of fused-ring (bicyclic) bond motifs is 1. The lowest BCUT2D eigenvalue weighted by Gasteiger charge is -2.16. The molecule has 1 heterocycles. The van der Waals surface area contributed by atoms with Gasteiger partial charge in [0.2, 0.25) is 0 Å². The number of nitrogens with two attached hydrogens (primary N) is 1. The summed E-state index contributed by atoms with van der Waals surface area (Å²) >= 11 is 0. The summed E-state index contributed by atoms with van der Waals surface area (Å²) in [4.78, 5) is 17.3. The van der Waals surface area contributed by atoms with Crippen molar-refractivity contribution in [3.05, 3.63) is 69.8 Å². The lowest BCUT2D eigenvalue weighted by molar-refractivity contribution is 0.579. The van der Waals surface area contributed by atoms with Crippen LogP contribution in [0, 0.1) is 18.6 Å². The average Bonchev–Trinajstić information content (AvgIpc) is 2.46. The van der Waals surface area contributed by atoms with E-state index >= 15 is 0 Å². The lowest BCUT2D eigenvalue weighted by atomic mass is 10.1. The largest absolute Gasteiger partial charge is 0.322 e. The number of aryl methyl sites for hydroxylation is 1. The van der Waals surface area contributed by atoms with Crippen molar-refractivity contribution in [1.29, 1.82) is 0 Å². The van der Waals surface area contributed by atoms with Crippen molar-refractivity contribution in [2.24, 2.45) is 5.73 Å². The maximum absolute atomic E-state index is 13.5. The van der Waals surface area contributed by atoms with E-state index < -0.39 is 23.2 Å². The maximum atomic E-state index is 13.5. The highest BCUT2D eigenvalue weighted by molar-refractivity contribution is 5.81. The third kappa shape index (κ3) is 2.61. The molecule has 1 atom stereocenters. The molecule has 4 nitrogen and oxygen atoms in total. The third-order valence-electron chi connectivity index (χ3n) is 3.64. The first-order valence-electron chi connectivity index (χ1n) is 7.13. The highest BCUT2D eigenvalue weighted by Crippen LogP contribution is 2.20. The van der Waals surface area contributed by atoms with Crippen LogP contribution in [0.25, 0.3) is 16.6 Å². The Morgan fingerprint density at radius 1 is 1.17 bits per heavy atom. The van der Waals surface area contributed by atoms with Gasteiger partial charge in [0.15, 0.2) is 0 Å². The van der Waals surface area contributed by atoms with Crippen LogP contribution < -0.4 is 11.3 Å². The van der Waals surface area contributed by atoms with Crippen LogP contribution in [0.1, 0.15) is 24.4 Å². The molecule has 3 rings (SSSR count). The molecule has 0 radical (unpaired) electrons. The standard InChI is InChI=1S/C17H15F2N3O/c1-9-4-3-5-14-15(9)21-16(10(2)20)22(17(14)23)13-7-11(18)6-12(19)8-13/h3-8,10H,20H2,1-2H3. The van der Waals surface area contributed by atoms with Crippen LogP contribution in [0.5, 0.6) is 0 Å². The minimum Gasteiger partial charge on any atom is -0.322 e. The highest BCUT2D eigenvalue weighted by atomic mass is 19.1. The van der Waals surface area contributed by atoms with E-state index in [1.807, 2.05) is 13.0 Å². The van der Waals surface area contributed by atoms with Crippen molar-refractivity contribution in [2.75, 3.05) is 0 Å². The van der Waals surface area contributed by atoms with Crippen LogP contribution in [0.4, 0.5) is 8.78 Å². The molecule has 0 aliphatic heterocycles. The molecule has 23 heavy (non-hydrogen) atoms. The molecule has 0 saturated heterocycles. The van der Waals surface area contributed by atoms with E-state index in [-0.39, 0.29) is 11.5 Å². The van der Waals surface area contributed by atoms with Crippen molar-refractivity contribution in [1.82, 2.24) is 9.55 Å². The average molecular weight is 315 g/mol. The first kappa shape index (κ1) is 15.3. The Morgan fingerprint density at radius 2 is 1.83 bits per heavy atom. The van der Waals surface area contributed by atoms with Gasteiger partial charge in [-0.3, -0.25) is 9.36 Å². The van der Waals surface area contributed by atoms with E-state index in [4.69, 9.17) is 5.73 Å². The summed E-state index contributed by atoms with van der Waals surface area (Å²) < 4.78 is 28.3. The van der Waals surface area contributed by atoms with Crippen LogP contribution in [0.2, 0.25) is 0 Å². The second-order valence-corrected chi connectivity index (χ2v) is 5.50. The molecule has 6 heteroatoms. The summed E-state index contributed by atoms with van der Waals surface area (Å²) in [6.45, 7) is 3.50. The first-order valence-corrected chi connectivity index (χ1v) is 7.13. The second kappa shape index (κ2) is 5.55. The Balaban J connectivity index is 2.46. The minimum atomic E-state index is -0.771. The quantitative estimate of drug-likeness (QED) is 0.791. The Kier molecular flexibility index (Phi) is 3.69. The smallest absolute Gasteiger partial charge is 0.266 e. The SMILES string of the molecule is Cc1cccc2c(=O)n(-c3cc(F)cc(F)c3)c(C(C)N)nc12. The molecule has 0 bridgehead atoms. The predicted octanol–water partition coefficient (Wildman–Crippen LogP) is 2.99. The maximum Gasteiger partial charge on any atom is 0.266 e. The number of hydrogen-bond acceptors (Lipinski definition) is 3. The topological polar surface area (TPSA) is 60.9 Å². The summed E-state index contributed by atoms with van der Waals surface area (Å²) in [7, 11) is 0. The molecule has 0 saturated carbocycles. The summed E-state index contributed by atoms with van der Waals surface area (Å²) in [5.74, 6) is -1.29. The molecule has 3 aromatic rings. The van der Waals surface area contributed by atoms with Crippen LogP contribution in [0.15, 0.2) is 41.2 Å². The van der Waals surface area contributed by atoms with Gasteiger partial charge in [-0.2, -0.15) is 0 Å². The number of para-hydroxylation sites is 1. The van der Waals surface area contributed by atoms with Crippen LogP contribution >= 0.6 is 0 Å². The Bertz CT molecular complexity index is 944. The molecule has 1 aromatic heterocycles. The van der Waals surface area contributed by atoms with Gasteiger partial charge < -0.3 is 5.73 Å². The molecule has 2 N–H and O–H groups in total. The fourth-order valence-electron chi connectivity index (χ4n) is 2.59. The fourth-order valence-corrected chi connectivity index (χ4v) is 2.59. The highest BCUT2D eigenvalue weighted by Gasteiger charge is 2.17. The zero-order valence-electron chi connectivity index (χ0n) is 12.7. The van der Waals surface area contributed by atoms with Gasteiger partial charge >= 0.3 is 0 Å². The van der Waals surface area contributed by atoms with Gasteiger partial charge in [0.1, 0.15) is 17.5 Å². The Labute approximate surface area is 131 Å². The summed E-state index contributed by atoms with van der Waals surface area (Å²) in [6, 6.07) is 7.54. The van der Waals surface area contributed by atoms with Gasteiger partial charge in [-0.15, -0.1) is 0 Å². The molecule has 0 fully saturated rings. The zero-order valence-corrected chi connectivity index (χ0v) is 12.7. The number of rotatable bonds is 2. The van der Waals surface area contributed by atoms with Gasteiger partial charge in [-0.1, -0.05) is 12.1 Å². The molecule has 1 unspecified atom stereocenters. The number of hydrogen-bond donors (Lipinski definition) is 1. The number of benzene rings is 2. The third-order valence-corrected chi connectivity index (χ3v) is 3.64. The van der Waals surface area contributed by atoms with Crippen molar-refractivity contribution >= 4 is 10.9 Å². The molecular formula is C17H15F2N3O. The van der Waals surface area contributed by atoms with Crippen molar-refractivity contribution in [3.8, 4) is 5.69 Å². The van der Waals surface area contributed by atoms with Crippen molar-refractivity contribution in [2.45, 2.75) is 19.9 Å². The van der Waals surface area contributed by atoms with Gasteiger partial charge in [0.05, 0.1) is 22.6 Å². The monoisotopic (exact) mass is 315 g/mol. The lowest BCUT2D eigenvalue weighted by Crippen LogP contribution is -2.27. The summed E-state index contributed by atoms with van der Waals surface area (Å²) in [5, 5.41) is 0.374. The first-order chi connectivity index (χ1) is 10.9. The van der Waals surface area contributed by atoms with Crippen LogP contribution in [-0.2, 0) is 0 Å². The fraction of sp³-hybridized carbons (Fsp3) is 0.176. The molecular weight excluding hydrogens is 300 g/mol. The molecule has 118 valence electrons. The predicted molar refractivity (Wildman–Crippen MR) is 84.6 cm³/mol. The summed E-state index contributed by atoms with van der Waals surface area (Å²) in [6.07, 6.45) is 0. The van der Waals surface area contributed by atoms with Crippen molar-refractivity contribution < 1.29 is 8.78 Å². The Hall–Kier alpha value is -2.60. The van der Waals surface area contributed by atoms with E-state index in [1.54, 1.807) is 19.1 Å². The number of nitrogens with zero attached hydrogens (tertiary/aromatic N) is 2. The molecule has 0 spiro atoms. The van der Waals surface area contributed by atoms with Gasteiger partial charge in [0.25, 0.3) is 5.56 Å². The van der Waals surface area contributed by atoms with Crippen LogP contribution in [0.3, 0.4) is 0 Å². The normalized spacial score (nSPS) is 12.6. The molecule has 0 aliphatic rings. The number of halogens is 2. The van der Waals surface area contributed by atoms with Gasteiger partial charge in [-0.05, 0) is 37.6 Å². The number of aromatic nitrogens is 2. The van der Waals surface area contributed by atoms with E-state index in [2.05, 4.69) is 4.98 Å². The zero-order chi connectivity index (χ0) is 16.7. The van der Waals surface area contributed by atoms with E-state index in [1.165, 1.54) is 4.57 Å².